The van der Waals surface area contributed by atoms with Crippen LogP contribution in [0.3, 0.4) is 0 Å². The van der Waals surface area contributed by atoms with Gasteiger partial charge in [0.25, 0.3) is 5.69 Å². The lowest BCUT2D eigenvalue weighted by Crippen LogP contribution is -2.12. The molecule has 1 heterocycles. The van der Waals surface area contributed by atoms with E-state index in [1.165, 1.54) is 0 Å². The molecule has 0 saturated carbocycles. The van der Waals surface area contributed by atoms with Crippen LogP contribution in [0.5, 0.6) is 0 Å². The predicted octanol–water partition coefficient (Wildman–Crippen LogP) is 6.15. The molecular formula is C17H11BrClF3N4O2. The molecule has 0 aliphatic heterocycles. The fourth-order valence-corrected chi connectivity index (χ4v) is 3.16. The van der Waals surface area contributed by atoms with Crippen molar-refractivity contribution in [2.75, 3.05) is 5.32 Å². The normalized spacial score (nSPS) is 12.8. The fourth-order valence-electron chi connectivity index (χ4n) is 2.62. The van der Waals surface area contributed by atoms with Crippen molar-refractivity contribution in [1.82, 2.24) is 9.97 Å². The summed E-state index contributed by atoms with van der Waals surface area (Å²) in [6, 6.07) is 6.93. The van der Waals surface area contributed by atoms with Crippen LogP contribution in [-0.2, 0) is 6.18 Å². The van der Waals surface area contributed by atoms with Gasteiger partial charge in [0.15, 0.2) is 0 Å². The summed E-state index contributed by atoms with van der Waals surface area (Å²) in [5.41, 5.74) is -1.13. The highest BCUT2D eigenvalue weighted by molar-refractivity contribution is 9.10. The molecule has 0 bridgehead atoms. The van der Waals surface area contributed by atoms with Crippen LogP contribution in [0.25, 0.3) is 10.9 Å². The van der Waals surface area contributed by atoms with Crippen LogP contribution < -0.4 is 5.32 Å². The van der Waals surface area contributed by atoms with Crippen molar-refractivity contribution in [2.45, 2.75) is 19.1 Å². The molecule has 11 heteroatoms. The molecule has 0 fully saturated rings. The van der Waals surface area contributed by atoms with E-state index in [9.17, 15) is 23.3 Å². The Morgan fingerprint density at radius 1 is 1.21 bits per heavy atom. The first-order valence-electron chi connectivity index (χ1n) is 7.80. The van der Waals surface area contributed by atoms with Crippen molar-refractivity contribution in [3.05, 3.63) is 67.4 Å². The Morgan fingerprint density at radius 2 is 1.93 bits per heavy atom. The molecule has 0 amide bonds. The largest absolute Gasteiger partial charge is 0.416 e. The van der Waals surface area contributed by atoms with Gasteiger partial charge in [-0.2, -0.15) is 13.2 Å². The molecule has 0 spiro atoms. The molecule has 0 saturated heterocycles. The van der Waals surface area contributed by atoms with Gasteiger partial charge in [-0.05, 0) is 48.4 Å². The van der Waals surface area contributed by atoms with Gasteiger partial charge in [-0.1, -0.05) is 15.9 Å². The Labute approximate surface area is 170 Å². The number of anilines is 1. The summed E-state index contributed by atoms with van der Waals surface area (Å²) in [5.74, 6) is 0.295. The van der Waals surface area contributed by atoms with E-state index in [0.29, 0.717) is 22.8 Å². The minimum absolute atomic E-state index is 0.0421. The number of aromatic nitrogens is 2. The molecule has 1 atom stereocenters. The first-order valence-corrected chi connectivity index (χ1v) is 8.97. The van der Waals surface area contributed by atoms with Crippen LogP contribution in [0.15, 0.2) is 40.9 Å². The van der Waals surface area contributed by atoms with Gasteiger partial charge in [0.1, 0.15) is 5.82 Å². The van der Waals surface area contributed by atoms with E-state index in [4.69, 9.17) is 11.6 Å². The number of alkyl halides is 3. The number of non-ortho nitro benzene ring substituents is 1. The molecular weight excluding hydrogens is 465 g/mol. The van der Waals surface area contributed by atoms with Crippen molar-refractivity contribution in [3.8, 4) is 0 Å². The third-order valence-corrected chi connectivity index (χ3v) is 4.62. The summed E-state index contributed by atoms with van der Waals surface area (Å²) >= 11 is 9.27. The van der Waals surface area contributed by atoms with E-state index >= 15 is 0 Å². The molecule has 1 unspecified atom stereocenters. The molecule has 6 nitrogen and oxygen atoms in total. The zero-order chi connectivity index (χ0) is 20.6. The van der Waals surface area contributed by atoms with Gasteiger partial charge in [-0.15, -0.1) is 0 Å². The van der Waals surface area contributed by atoms with Crippen LogP contribution >= 0.6 is 27.5 Å². The molecule has 0 aliphatic carbocycles. The second kappa shape index (κ2) is 7.51. The van der Waals surface area contributed by atoms with Gasteiger partial charge in [0, 0.05) is 22.0 Å². The van der Waals surface area contributed by atoms with Crippen LogP contribution in [0.2, 0.25) is 5.28 Å². The third kappa shape index (κ3) is 4.33. The summed E-state index contributed by atoms with van der Waals surface area (Å²) in [5, 5.41) is 14.6. The van der Waals surface area contributed by atoms with Crippen molar-refractivity contribution < 1.29 is 18.1 Å². The van der Waals surface area contributed by atoms with E-state index in [1.54, 1.807) is 25.1 Å². The molecule has 2 aromatic carbocycles. The molecule has 0 radical (unpaired) electrons. The number of nitrogens with zero attached hydrogens (tertiary/aromatic N) is 3. The zero-order valence-electron chi connectivity index (χ0n) is 14.1. The van der Waals surface area contributed by atoms with Gasteiger partial charge in [0.05, 0.1) is 22.0 Å². The van der Waals surface area contributed by atoms with E-state index in [1.807, 2.05) is 0 Å². The number of nitrogens with one attached hydrogen (secondary N) is 1. The molecule has 0 aliphatic rings. The number of halogens is 5. The monoisotopic (exact) mass is 474 g/mol. The lowest BCUT2D eigenvalue weighted by molar-refractivity contribution is -0.385. The van der Waals surface area contributed by atoms with Gasteiger partial charge in [-0.25, -0.2) is 9.97 Å². The summed E-state index contributed by atoms with van der Waals surface area (Å²) in [6.45, 7) is 1.57. The van der Waals surface area contributed by atoms with Gasteiger partial charge < -0.3 is 5.32 Å². The Balaban J connectivity index is 2.05. The summed E-state index contributed by atoms with van der Waals surface area (Å²) < 4.78 is 40.1. The second-order valence-electron chi connectivity index (χ2n) is 5.94. The van der Waals surface area contributed by atoms with Crippen molar-refractivity contribution >= 4 is 49.9 Å². The van der Waals surface area contributed by atoms with E-state index < -0.39 is 28.4 Å². The fraction of sp³-hybridized carbons (Fsp3) is 0.176. The SMILES string of the molecule is CC(Nc1nc(Cl)nc2ccc(Br)cc12)c1cc([N+](=O)[O-])cc(C(F)(F)F)c1. The van der Waals surface area contributed by atoms with Crippen LogP contribution in [0, 0.1) is 10.1 Å². The van der Waals surface area contributed by atoms with Crippen LogP contribution in [-0.4, -0.2) is 14.9 Å². The molecule has 3 rings (SSSR count). The average Bonchev–Trinajstić information content (AvgIpc) is 2.61. The maximum atomic E-state index is 13.1. The Morgan fingerprint density at radius 3 is 2.57 bits per heavy atom. The minimum atomic E-state index is -4.71. The van der Waals surface area contributed by atoms with Gasteiger partial charge in [0.2, 0.25) is 5.28 Å². The highest BCUT2D eigenvalue weighted by Gasteiger charge is 2.33. The van der Waals surface area contributed by atoms with Crippen molar-refractivity contribution in [2.24, 2.45) is 0 Å². The number of benzene rings is 2. The number of rotatable bonds is 4. The highest BCUT2D eigenvalue weighted by Crippen LogP contribution is 2.35. The van der Waals surface area contributed by atoms with Crippen molar-refractivity contribution in [1.29, 1.82) is 0 Å². The van der Waals surface area contributed by atoms with Gasteiger partial charge in [-0.3, -0.25) is 10.1 Å². The quantitative estimate of drug-likeness (QED) is 0.278. The summed E-state index contributed by atoms with van der Waals surface area (Å²) in [4.78, 5) is 18.4. The number of nitro benzene ring substituents is 1. The number of hydrogen-bond acceptors (Lipinski definition) is 5. The average molecular weight is 476 g/mol. The Bertz CT molecular complexity index is 1080. The van der Waals surface area contributed by atoms with Crippen LogP contribution in [0.4, 0.5) is 24.7 Å². The standard InChI is InChI=1S/C17H11BrClF3N4O2/c1-8(9-4-10(17(20,21)22)6-12(5-9)26(27)28)23-15-13-7-11(18)2-3-14(13)24-16(19)25-15/h2-8H,1H3,(H,23,24,25). The molecule has 1 N–H and O–H groups in total. The van der Waals surface area contributed by atoms with E-state index in [-0.39, 0.29) is 10.8 Å². The van der Waals surface area contributed by atoms with Gasteiger partial charge >= 0.3 is 6.18 Å². The van der Waals surface area contributed by atoms with E-state index in [0.717, 1.165) is 16.6 Å². The van der Waals surface area contributed by atoms with E-state index in [2.05, 4.69) is 31.2 Å². The van der Waals surface area contributed by atoms with Crippen molar-refractivity contribution in [3.63, 3.8) is 0 Å². The Hall–Kier alpha value is -2.46. The first kappa shape index (κ1) is 20.3. The second-order valence-corrected chi connectivity index (χ2v) is 7.19. The summed E-state index contributed by atoms with van der Waals surface area (Å²) in [6.07, 6.45) is -4.71. The maximum absolute atomic E-state index is 13.1. The topological polar surface area (TPSA) is 81.0 Å². The molecule has 28 heavy (non-hydrogen) atoms. The first-order chi connectivity index (χ1) is 13.0. The zero-order valence-corrected chi connectivity index (χ0v) is 16.4. The predicted molar refractivity (Wildman–Crippen MR) is 102 cm³/mol. The lowest BCUT2D eigenvalue weighted by atomic mass is 10.0. The number of nitro groups is 1. The number of hydrogen-bond donors (Lipinski definition) is 1. The smallest absolute Gasteiger partial charge is 0.363 e. The molecule has 146 valence electrons. The molecule has 3 aromatic rings. The minimum Gasteiger partial charge on any atom is -0.363 e. The third-order valence-electron chi connectivity index (χ3n) is 3.96. The number of fused-ring (bicyclic) bond motifs is 1. The summed E-state index contributed by atoms with van der Waals surface area (Å²) in [7, 11) is 0. The maximum Gasteiger partial charge on any atom is 0.416 e. The highest BCUT2D eigenvalue weighted by atomic mass is 79.9. The Kier molecular flexibility index (Phi) is 5.44. The van der Waals surface area contributed by atoms with Crippen LogP contribution in [0.1, 0.15) is 24.1 Å². The lowest BCUT2D eigenvalue weighted by Gasteiger charge is -2.18. The molecule has 1 aromatic heterocycles.